The maximum atomic E-state index is 11.3. The van der Waals surface area contributed by atoms with Crippen molar-refractivity contribution in [3.05, 3.63) is 0 Å². The smallest absolute Gasteiger partial charge is 0.306 e. The molecule has 0 spiro atoms. The lowest BCUT2D eigenvalue weighted by atomic mass is 10.1. The van der Waals surface area contributed by atoms with Crippen LogP contribution in [0.2, 0.25) is 0 Å². The summed E-state index contributed by atoms with van der Waals surface area (Å²) >= 11 is 0. The molecule has 0 aromatic heterocycles. The van der Waals surface area contributed by atoms with Crippen molar-refractivity contribution in [1.29, 1.82) is 0 Å². The van der Waals surface area contributed by atoms with Gasteiger partial charge in [0.25, 0.3) is 0 Å². The van der Waals surface area contributed by atoms with E-state index in [2.05, 4.69) is 0 Å². The van der Waals surface area contributed by atoms with Crippen molar-refractivity contribution in [3.63, 3.8) is 0 Å². The largest absolute Gasteiger partial charge is 0.460 e. The van der Waals surface area contributed by atoms with Gasteiger partial charge in [-0.2, -0.15) is 0 Å². The molecule has 0 saturated heterocycles. The highest BCUT2D eigenvalue weighted by molar-refractivity contribution is 5.69. The highest BCUT2D eigenvalue weighted by Crippen LogP contribution is 2.11. The first-order valence-electron chi connectivity index (χ1n) is 6.28. The van der Waals surface area contributed by atoms with Crippen molar-refractivity contribution >= 4 is 5.97 Å². The summed E-state index contributed by atoms with van der Waals surface area (Å²) < 4.78 is 5.21. The molecule has 0 aromatic carbocycles. The van der Waals surface area contributed by atoms with Crippen LogP contribution in [0.15, 0.2) is 0 Å². The van der Waals surface area contributed by atoms with Gasteiger partial charge in [0.15, 0.2) is 0 Å². The average Bonchev–Trinajstić information content (AvgIpc) is 2.13. The van der Waals surface area contributed by atoms with Crippen molar-refractivity contribution in [1.82, 2.24) is 0 Å². The zero-order valence-electron chi connectivity index (χ0n) is 10.9. The minimum absolute atomic E-state index is 0.0946. The summed E-state index contributed by atoms with van der Waals surface area (Å²) in [6.45, 7) is 5.96. The van der Waals surface area contributed by atoms with Crippen molar-refractivity contribution in [3.8, 4) is 0 Å². The van der Waals surface area contributed by atoms with Crippen LogP contribution in [0.1, 0.15) is 65.7 Å². The molecule has 0 unspecified atom stereocenters. The zero-order valence-corrected chi connectivity index (χ0v) is 10.9. The number of carbonyl (C=O) groups excluding carboxylic acids is 1. The normalized spacial score (nSPS) is 11.5. The average molecular weight is 230 g/mol. The molecular weight excluding hydrogens is 204 g/mol. The van der Waals surface area contributed by atoms with Gasteiger partial charge in [-0.25, -0.2) is 0 Å². The van der Waals surface area contributed by atoms with Crippen molar-refractivity contribution in [2.75, 3.05) is 6.61 Å². The van der Waals surface area contributed by atoms with Crippen LogP contribution in [-0.2, 0) is 9.53 Å². The first-order valence-corrected chi connectivity index (χ1v) is 6.28. The SMILES string of the molecule is CC(C)(C)OC(=O)CCCCCCCCO. The molecule has 0 bridgehead atoms. The first-order chi connectivity index (χ1) is 7.45. The van der Waals surface area contributed by atoms with Crippen LogP contribution in [-0.4, -0.2) is 23.3 Å². The summed E-state index contributed by atoms with van der Waals surface area (Å²) in [7, 11) is 0. The number of unbranched alkanes of at least 4 members (excludes halogenated alkanes) is 5. The number of aliphatic hydroxyl groups is 1. The number of carbonyl (C=O) groups is 1. The molecule has 0 rings (SSSR count). The van der Waals surface area contributed by atoms with Crippen LogP contribution < -0.4 is 0 Å². The number of hydrogen-bond donors (Lipinski definition) is 1. The Morgan fingerprint density at radius 2 is 1.50 bits per heavy atom. The van der Waals surface area contributed by atoms with E-state index in [1.807, 2.05) is 20.8 Å². The maximum absolute atomic E-state index is 11.3. The van der Waals surface area contributed by atoms with Gasteiger partial charge in [0.05, 0.1) is 0 Å². The quantitative estimate of drug-likeness (QED) is 0.515. The van der Waals surface area contributed by atoms with E-state index in [0.717, 1.165) is 38.5 Å². The molecule has 0 amide bonds. The van der Waals surface area contributed by atoms with Gasteiger partial charge in [-0.1, -0.05) is 25.7 Å². The Bertz CT molecular complexity index is 182. The molecule has 0 saturated carbocycles. The number of ether oxygens (including phenoxy) is 1. The van der Waals surface area contributed by atoms with Crippen molar-refractivity contribution < 1.29 is 14.6 Å². The van der Waals surface area contributed by atoms with Gasteiger partial charge < -0.3 is 9.84 Å². The van der Waals surface area contributed by atoms with Crippen LogP contribution in [0.4, 0.5) is 0 Å². The summed E-state index contributed by atoms with van der Waals surface area (Å²) in [4.78, 5) is 11.3. The fourth-order valence-electron chi connectivity index (χ4n) is 1.48. The van der Waals surface area contributed by atoms with Gasteiger partial charge in [0, 0.05) is 13.0 Å². The van der Waals surface area contributed by atoms with Gasteiger partial charge in [-0.3, -0.25) is 4.79 Å². The molecule has 0 aliphatic rings. The minimum atomic E-state index is -0.363. The highest BCUT2D eigenvalue weighted by Gasteiger charge is 2.15. The summed E-state index contributed by atoms with van der Waals surface area (Å²) in [6, 6.07) is 0. The number of esters is 1. The summed E-state index contributed by atoms with van der Waals surface area (Å²) in [5, 5.41) is 8.59. The van der Waals surface area contributed by atoms with Crippen molar-refractivity contribution in [2.45, 2.75) is 71.3 Å². The van der Waals surface area contributed by atoms with E-state index < -0.39 is 0 Å². The third kappa shape index (κ3) is 11.5. The Morgan fingerprint density at radius 1 is 1.00 bits per heavy atom. The second kappa shape index (κ2) is 8.57. The van der Waals surface area contributed by atoms with E-state index >= 15 is 0 Å². The Kier molecular flexibility index (Phi) is 8.26. The lowest BCUT2D eigenvalue weighted by Gasteiger charge is -2.19. The van der Waals surface area contributed by atoms with E-state index in [-0.39, 0.29) is 18.2 Å². The van der Waals surface area contributed by atoms with E-state index in [9.17, 15) is 4.79 Å². The summed E-state index contributed by atoms with van der Waals surface area (Å²) in [5.74, 6) is -0.0946. The molecule has 0 heterocycles. The topological polar surface area (TPSA) is 46.5 Å². The number of hydrogen-bond acceptors (Lipinski definition) is 3. The molecule has 0 aromatic rings. The standard InChI is InChI=1S/C13H26O3/c1-13(2,3)16-12(15)10-8-6-4-5-7-9-11-14/h14H,4-11H2,1-3H3. The number of aliphatic hydroxyl groups excluding tert-OH is 1. The monoisotopic (exact) mass is 230 g/mol. The Labute approximate surface area is 99.2 Å². The van der Waals surface area contributed by atoms with Gasteiger partial charge in [-0.15, -0.1) is 0 Å². The summed E-state index contributed by atoms with van der Waals surface area (Å²) in [5.41, 5.74) is -0.363. The molecule has 0 aliphatic carbocycles. The molecule has 3 heteroatoms. The molecule has 16 heavy (non-hydrogen) atoms. The summed E-state index contributed by atoms with van der Waals surface area (Å²) in [6.07, 6.45) is 6.78. The lowest BCUT2D eigenvalue weighted by Crippen LogP contribution is -2.23. The molecule has 0 aliphatic heterocycles. The van der Waals surface area contributed by atoms with E-state index in [1.54, 1.807) is 0 Å². The third-order valence-corrected chi connectivity index (χ3v) is 2.21. The van der Waals surface area contributed by atoms with Crippen LogP contribution >= 0.6 is 0 Å². The molecule has 3 nitrogen and oxygen atoms in total. The lowest BCUT2D eigenvalue weighted by molar-refractivity contribution is -0.154. The first kappa shape index (κ1) is 15.4. The predicted molar refractivity (Wildman–Crippen MR) is 65.2 cm³/mol. The Balaban J connectivity index is 3.28. The molecular formula is C13H26O3. The second-order valence-corrected chi connectivity index (χ2v) is 5.18. The fraction of sp³-hybridized carbons (Fsp3) is 0.923. The molecule has 0 radical (unpaired) electrons. The Hall–Kier alpha value is -0.570. The Morgan fingerprint density at radius 3 is 2.00 bits per heavy atom. The zero-order chi connectivity index (χ0) is 12.4. The third-order valence-electron chi connectivity index (χ3n) is 2.21. The van der Waals surface area contributed by atoms with E-state index in [0.29, 0.717) is 6.42 Å². The van der Waals surface area contributed by atoms with Gasteiger partial charge >= 0.3 is 5.97 Å². The van der Waals surface area contributed by atoms with Crippen LogP contribution in [0.25, 0.3) is 0 Å². The molecule has 1 N–H and O–H groups in total. The van der Waals surface area contributed by atoms with E-state index in [4.69, 9.17) is 9.84 Å². The van der Waals surface area contributed by atoms with Gasteiger partial charge in [0.2, 0.25) is 0 Å². The van der Waals surface area contributed by atoms with Crippen molar-refractivity contribution in [2.24, 2.45) is 0 Å². The second-order valence-electron chi connectivity index (χ2n) is 5.18. The highest BCUT2D eigenvalue weighted by atomic mass is 16.6. The molecule has 96 valence electrons. The minimum Gasteiger partial charge on any atom is -0.460 e. The van der Waals surface area contributed by atoms with Crippen LogP contribution in [0, 0.1) is 0 Å². The van der Waals surface area contributed by atoms with Crippen LogP contribution in [0.3, 0.4) is 0 Å². The van der Waals surface area contributed by atoms with Gasteiger partial charge in [0.1, 0.15) is 5.60 Å². The van der Waals surface area contributed by atoms with E-state index in [1.165, 1.54) is 0 Å². The molecule has 0 fully saturated rings. The fourth-order valence-corrected chi connectivity index (χ4v) is 1.48. The predicted octanol–water partition coefficient (Wildman–Crippen LogP) is 3.05. The molecule has 0 atom stereocenters. The maximum Gasteiger partial charge on any atom is 0.306 e. The van der Waals surface area contributed by atoms with Gasteiger partial charge in [-0.05, 0) is 33.6 Å². The van der Waals surface area contributed by atoms with Crippen LogP contribution in [0.5, 0.6) is 0 Å². The number of rotatable bonds is 8.